The maximum atomic E-state index is 12.8. The van der Waals surface area contributed by atoms with Gasteiger partial charge >= 0.3 is 0 Å². The minimum atomic E-state index is -1.31. The van der Waals surface area contributed by atoms with E-state index in [1.165, 1.54) is 0 Å². The molecule has 5 heteroatoms. The summed E-state index contributed by atoms with van der Waals surface area (Å²) in [6.45, 7) is 0.150. The highest BCUT2D eigenvalue weighted by Crippen LogP contribution is 2.26. The number of phenolic OH excluding ortho intramolecular Hbond substituents is 1. The van der Waals surface area contributed by atoms with Gasteiger partial charge < -0.3 is 20.6 Å². The molecule has 0 fully saturated rings. The second kappa shape index (κ2) is 5.06. The topological polar surface area (TPSA) is 72.7 Å². The van der Waals surface area contributed by atoms with Gasteiger partial charge in [0.1, 0.15) is 17.7 Å². The van der Waals surface area contributed by atoms with Crippen LogP contribution in [0.3, 0.4) is 0 Å². The predicted octanol–water partition coefficient (Wildman–Crippen LogP) is 0.145. The lowest BCUT2D eigenvalue weighted by molar-refractivity contribution is 0.0187. The van der Waals surface area contributed by atoms with Gasteiger partial charge in [0, 0.05) is 12.1 Å². The van der Waals surface area contributed by atoms with E-state index in [1.807, 2.05) is 0 Å². The van der Waals surface area contributed by atoms with Gasteiger partial charge in [0.05, 0.1) is 6.10 Å². The van der Waals surface area contributed by atoms with E-state index >= 15 is 0 Å². The van der Waals surface area contributed by atoms with Gasteiger partial charge in [-0.25, -0.2) is 4.39 Å². The third-order valence-electron chi connectivity index (χ3n) is 2.09. The van der Waals surface area contributed by atoms with Crippen LogP contribution < -0.4 is 5.32 Å². The van der Waals surface area contributed by atoms with Gasteiger partial charge in [0.15, 0.2) is 0 Å². The van der Waals surface area contributed by atoms with E-state index in [0.29, 0.717) is 0 Å². The fourth-order valence-electron chi connectivity index (χ4n) is 1.29. The zero-order valence-electron chi connectivity index (χ0n) is 8.31. The van der Waals surface area contributed by atoms with Crippen LogP contribution in [0.2, 0.25) is 0 Å². The second-order valence-electron chi connectivity index (χ2n) is 3.27. The minimum absolute atomic E-state index is 0.0160. The first-order valence-electron chi connectivity index (χ1n) is 4.55. The lowest BCUT2D eigenvalue weighted by Crippen LogP contribution is -2.29. The molecule has 2 unspecified atom stereocenters. The van der Waals surface area contributed by atoms with Crippen LogP contribution in [0.25, 0.3) is 0 Å². The molecule has 0 aliphatic rings. The number of benzene rings is 1. The molecule has 0 radical (unpaired) electrons. The number of hydrogen-bond acceptors (Lipinski definition) is 4. The molecule has 0 spiro atoms. The lowest BCUT2D eigenvalue weighted by atomic mass is 10.0. The summed E-state index contributed by atoms with van der Waals surface area (Å²) in [5.74, 6) is -0.808. The molecular weight excluding hydrogens is 201 g/mol. The Morgan fingerprint density at radius 3 is 2.67 bits per heavy atom. The van der Waals surface area contributed by atoms with E-state index in [-0.39, 0.29) is 17.9 Å². The average molecular weight is 215 g/mol. The van der Waals surface area contributed by atoms with Gasteiger partial charge in [0.25, 0.3) is 0 Å². The maximum absolute atomic E-state index is 12.8. The Hall–Kier alpha value is -1.17. The van der Waals surface area contributed by atoms with E-state index in [4.69, 9.17) is 0 Å². The summed E-state index contributed by atoms with van der Waals surface area (Å²) in [5.41, 5.74) is -0.0160. The monoisotopic (exact) mass is 215 g/mol. The summed E-state index contributed by atoms with van der Waals surface area (Å²) < 4.78 is 12.8. The summed E-state index contributed by atoms with van der Waals surface area (Å²) in [6, 6.07) is 3.22. The normalized spacial score (nSPS) is 14.9. The highest BCUT2D eigenvalue weighted by Gasteiger charge is 2.21. The van der Waals surface area contributed by atoms with Crippen molar-refractivity contribution in [2.24, 2.45) is 0 Å². The molecule has 0 aromatic heterocycles. The number of likely N-dealkylation sites (N-methyl/N-ethyl adjacent to an activating group) is 1. The van der Waals surface area contributed by atoms with Crippen molar-refractivity contribution in [3.63, 3.8) is 0 Å². The summed E-state index contributed by atoms with van der Waals surface area (Å²) in [5, 5.41) is 31.1. The maximum Gasteiger partial charge on any atom is 0.123 e. The Labute approximate surface area is 87.0 Å². The van der Waals surface area contributed by atoms with Crippen molar-refractivity contribution in [2.75, 3.05) is 13.6 Å². The van der Waals surface area contributed by atoms with Crippen LogP contribution in [0.4, 0.5) is 4.39 Å². The van der Waals surface area contributed by atoms with Crippen LogP contribution >= 0.6 is 0 Å². The molecule has 15 heavy (non-hydrogen) atoms. The van der Waals surface area contributed by atoms with Crippen LogP contribution in [-0.4, -0.2) is 35.0 Å². The zero-order chi connectivity index (χ0) is 11.4. The quantitative estimate of drug-likeness (QED) is 0.576. The standard InChI is InChI=1S/C10H14FNO3/c1-12-5-9(14)10(15)7-4-6(11)2-3-8(7)13/h2-4,9-10,12-15H,5H2,1H3. The summed E-state index contributed by atoms with van der Waals surface area (Å²) in [4.78, 5) is 0. The number of aromatic hydroxyl groups is 1. The van der Waals surface area contributed by atoms with Crippen LogP contribution in [0, 0.1) is 5.82 Å². The molecule has 0 aliphatic heterocycles. The van der Waals surface area contributed by atoms with E-state index in [1.54, 1.807) is 7.05 Å². The third-order valence-corrected chi connectivity index (χ3v) is 2.09. The molecule has 1 rings (SSSR count). The first-order valence-corrected chi connectivity index (χ1v) is 4.55. The van der Waals surface area contributed by atoms with Crippen LogP contribution in [0.15, 0.2) is 18.2 Å². The van der Waals surface area contributed by atoms with Crippen molar-refractivity contribution in [3.05, 3.63) is 29.6 Å². The Morgan fingerprint density at radius 1 is 1.40 bits per heavy atom. The fraction of sp³-hybridized carbons (Fsp3) is 0.400. The second-order valence-corrected chi connectivity index (χ2v) is 3.27. The Morgan fingerprint density at radius 2 is 2.07 bits per heavy atom. The van der Waals surface area contributed by atoms with E-state index < -0.39 is 18.0 Å². The first kappa shape index (κ1) is 11.9. The lowest BCUT2D eigenvalue weighted by Gasteiger charge is -2.18. The summed E-state index contributed by atoms with van der Waals surface area (Å²) >= 11 is 0. The van der Waals surface area contributed by atoms with Gasteiger partial charge in [-0.05, 0) is 25.2 Å². The number of rotatable bonds is 4. The molecule has 0 saturated carbocycles. The molecule has 4 N–H and O–H groups in total. The molecule has 4 nitrogen and oxygen atoms in total. The van der Waals surface area contributed by atoms with Gasteiger partial charge in [-0.3, -0.25) is 0 Å². The third kappa shape index (κ3) is 2.89. The minimum Gasteiger partial charge on any atom is -0.508 e. The SMILES string of the molecule is CNCC(O)C(O)c1cc(F)ccc1O. The van der Waals surface area contributed by atoms with E-state index in [9.17, 15) is 19.7 Å². The van der Waals surface area contributed by atoms with Crippen LogP contribution in [0.5, 0.6) is 5.75 Å². The predicted molar refractivity (Wildman–Crippen MR) is 53.0 cm³/mol. The van der Waals surface area contributed by atoms with Crippen LogP contribution in [-0.2, 0) is 0 Å². The van der Waals surface area contributed by atoms with Gasteiger partial charge in [-0.1, -0.05) is 0 Å². The highest BCUT2D eigenvalue weighted by atomic mass is 19.1. The van der Waals surface area contributed by atoms with E-state index in [0.717, 1.165) is 18.2 Å². The van der Waals surface area contributed by atoms with Gasteiger partial charge in [-0.15, -0.1) is 0 Å². The molecule has 2 atom stereocenters. The van der Waals surface area contributed by atoms with Crippen molar-refractivity contribution in [1.29, 1.82) is 0 Å². The molecule has 84 valence electrons. The van der Waals surface area contributed by atoms with Crippen LogP contribution in [0.1, 0.15) is 11.7 Å². The Balaban J connectivity index is 2.89. The van der Waals surface area contributed by atoms with E-state index in [2.05, 4.69) is 5.32 Å². The Bertz CT molecular complexity index is 332. The molecule has 0 heterocycles. The van der Waals surface area contributed by atoms with Crippen molar-refractivity contribution in [1.82, 2.24) is 5.32 Å². The highest BCUT2D eigenvalue weighted by molar-refractivity contribution is 5.34. The first-order chi connectivity index (χ1) is 7.06. The van der Waals surface area contributed by atoms with Crippen molar-refractivity contribution >= 4 is 0 Å². The summed E-state index contributed by atoms with van der Waals surface area (Å²) in [6.07, 6.45) is -2.41. The molecular formula is C10H14FNO3. The number of phenols is 1. The smallest absolute Gasteiger partial charge is 0.123 e. The number of nitrogens with one attached hydrogen (secondary N) is 1. The molecule has 1 aromatic carbocycles. The fourth-order valence-corrected chi connectivity index (χ4v) is 1.29. The number of aliphatic hydroxyl groups is 2. The molecule has 0 aliphatic carbocycles. The Kier molecular flexibility index (Phi) is 4.02. The largest absolute Gasteiger partial charge is 0.508 e. The number of hydrogen-bond donors (Lipinski definition) is 4. The molecule has 0 saturated heterocycles. The number of aliphatic hydroxyl groups excluding tert-OH is 2. The zero-order valence-corrected chi connectivity index (χ0v) is 8.31. The summed E-state index contributed by atoms with van der Waals surface area (Å²) in [7, 11) is 1.61. The van der Waals surface area contributed by atoms with Crippen molar-refractivity contribution in [3.8, 4) is 5.75 Å². The van der Waals surface area contributed by atoms with Gasteiger partial charge in [0.2, 0.25) is 0 Å². The van der Waals surface area contributed by atoms with Crippen molar-refractivity contribution < 1.29 is 19.7 Å². The molecule has 0 bridgehead atoms. The van der Waals surface area contributed by atoms with Gasteiger partial charge in [-0.2, -0.15) is 0 Å². The van der Waals surface area contributed by atoms with Crippen molar-refractivity contribution in [2.45, 2.75) is 12.2 Å². The molecule has 1 aromatic rings. The average Bonchev–Trinajstić information content (AvgIpc) is 2.21. The molecule has 0 amide bonds. The number of halogens is 1.